The highest BCUT2D eigenvalue weighted by molar-refractivity contribution is 7.98. The lowest BCUT2D eigenvalue weighted by Crippen LogP contribution is -2.46. The van der Waals surface area contributed by atoms with Crippen LogP contribution >= 0.6 is 11.8 Å². The van der Waals surface area contributed by atoms with Crippen LogP contribution in [0.25, 0.3) is 0 Å². The van der Waals surface area contributed by atoms with Crippen LogP contribution in [0.4, 0.5) is 0 Å². The summed E-state index contributed by atoms with van der Waals surface area (Å²) in [4.78, 5) is 22.3. The zero-order chi connectivity index (χ0) is 12.8. The molecule has 0 fully saturated rings. The smallest absolute Gasteiger partial charge is 0.310 e. The third-order valence-corrected chi connectivity index (χ3v) is 2.90. The van der Waals surface area contributed by atoms with Gasteiger partial charge in [0.05, 0.1) is 11.5 Å². The van der Waals surface area contributed by atoms with E-state index in [1.54, 1.807) is 25.6 Å². The number of aliphatic carboxylic acids is 1. The van der Waals surface area contributed by atoms with Crippen LogP contribution in [0.15, 0.2) is 0 Å². The van der Waals surface area contributed by atoms with Crippen LogP contribution in [0.2, 0.25) is 0 Å². The van der Waals surface area contributed by atoms with Crippen LogP contribution in [0.1, 0.15) is 20.3 Å². The standard InChI is InChI=1S/C10H20N2O3S/c1-10(2,9(14)15)6-12-8(13)7(11)4-5-16-3/h7H,4-6,11H2,1-3H3,(H,12,13)(H,14,15)/t7-/m1/s1. The van der Waals surface area contributed by atoms with Crippen molar-refractivity contribution in [1.82, 2.24) is 5.32 Å². The Kier molecular flexibility index (Phi) is 6.43. The fourth-order valence-corrected chi connectivity index (χ4v) is 1.38. The minimum absolute atomic E-state index is 0.0914. The van der Waals surface area contributed by atoms with E-state index in [0.29, 0.717) is 6.42 Å². The summed E-state index contributed by atoms with van der Waals surface area (Å²) in [5.74, 6) is -0.412. The minimum atomic E-state index is -0.963. The van der Waals surface area contributed by atoms with Crippen molar-refractivity contribution in [3.05, 3.63) is 0 Å². The molecule has 94 valence electrons. The molecule has 0 spiro atoms. The zero-order valence-corrected chi connectivity index (χ0v) is 10.8. The second kappa shape index (κ2) is 6.75. The van der Waals surface area contributed by atoms with Gasteiger partial charge in [0, 0.05) is 6.54 Å². The zero-order valence-electron chi connectivity index (χ0n) is 9.95. The third-order valence-electron chi connectivity index (χ3n) is 2.25. The molecule has 0 aromatic carbocycles. The van der Waals surface area contributed by atoms with Gasteiger partial charge in [-0.1, -0.05) is 0 Å². The Morgan fingerprint density at radius 3 is 2.50 bits per heavy atom. The number of hydrogen-bond acceptors (Lipinski definition) is 4. The summed E-state index contributed by atoms with van der Waals surface area (Å²) in [6.07, 6.45) is 2.54. The maximum absolute atomic E-state index is 11.5. The van der Waals surface area contributed by atoms with Crippen molar-refractivity contribution in [2.24, 2.45) is 11.1 Å². The van der Waals surface area contributed by atoms with Gasteiger partial charge in [-0.3, -0.25) is 9.59 Å². The third kappa shape index (κ3) is 5.37. The van der Waals surface area contributed by atoms with E-state index in [9.17, 15) is 9.59 Å². The average Bonchev–Trinajstić information content (AvgIpc) is 2.22. The molecule has 0 aromatic heterocycles. The quantitative estimate of drug-likeness (QED) is 0.602. The first-order chi connectivity index (χ1) is 7.31. The summed E-state index contributed by atoms with van der Waals surface area (Å²) in [7, 11) is 0. The van der Waals surface area contributed by atoms with Crippen LogP contribution in [-0.2, 0) is 9.59 Å². The van der Waals surface area contributed by atoms with Gasteiger partial charge in [-0.25, -0.2) is 0 Å². The van der Waals surface area contributed by atoms with Crippen molar-refractivity contribution in [3.8, 4) is 0 Å². The van der Waals surface area contributed by atoms with E-state index in [2.05, 4.69) is 5.32 Å². The Bertz CT molecular complexity index is 256. The number of carboxylic acid groups (broad SMARTS) is 1. The molecule has 0 unspecified atom stereocenters. The maximum atomic E-state index is 11.5. The summed E-state index contributed by atoms with van der Waals surface area (Å²) in [6, 6.07) is -0.558. The van der Waals surface area contributed by atoms with Crippen LogP contribution in [0, 0.1) is 5.41 Å². The Balaban J connectivity index is 4.02. The summed E-state index contributed by atoms with van der Waals surface area (Å²) < 4.78 is 0. The molecular weight excluding hydrogens is 228 g/mol. The van der Waals surface area contributed by atoms with E-state index < -0.39 is 17.4 Å². The summed E-state index contributed by atoms with van der Waals surface area (Å²) in [5, 5.41) is 11.4. The summed E-state index contributed by atoms with van der Waals surface area (Å²) in [6.45, 7) is 3.21. The number of amides is 1. The van der Waals surface area contributed by atoms with Crippen LogP contribution in [-0.4, -0.2) is 41.6 Å². The highest BCUT2D eigenvalue weighted by Crippen LogP contribution is 2.13. The van der Waals surface area contributed by atoms with Crippen molar-refractivity contribution in [2.75, 3.05) is 18.6 Å². The van der Waals surface area contributed by atoms with Crippen molar-refractivity contribution in [3.63, 3.8) is 0 Å². The van der Waals surface area contributed by atoms with Gasteiger partial charge in [0.1, 0.15) is 0 Å². The molecule has 1 atom stereocenters. The Morgan fingerprint density at radius 2 is 2.06 bits per heavy atom. The molecule has 6 heteroatoms. The summed E-state index contributed by atoms with van der Waals surface area (Å²) in [5.41, 5.74) is 4.67. The molecule has 0 heterocycles. The molecule has 0 rings (SSSR count). The molecule has 1 amide bonds. The highest BCUT2D eigenvalue weighted by atomic mass is 32.2. The van der Waals surface area contributed by atoms with Gasteiger partial charge in [-0.2, -0.15) is 11.8 Å². The fraction of sp³-hybridized carbons (Fsp3) is 0.800. The van der Waals surface area contributed by atoms with Gasteiger partial charge in [0.15, 0.2) is 0 Å². The first kappa shape index (κ1) is 15.2. The second-order valence-electron chi connectivity index (χ2n) is 4.29. The Labute approximate surface area is 100 Å². The highest BCUT2D eigenvalue weighted by Gasteiger charge is 2.28. The van der Waals surface area contributed by atoms with E-state index in [4.69, 9.17) is 10.8 Å². The first-order valence-electron chi connectivity index (χ1n) is 5.07. The molecule has 0 saturated carbocycles. The van der Waals surface area contributed by atoms with Gasteiger partial charge >= 0.3 is 5.97 Å². The number of rotatable bonds is 7. The molecule has 16 heavy (non-hydrogen) atoms. The summed E-state index contributed by atoms with van der Waals surface area (Å²) >= 11 is 1.62. The van der Waals surface area contributed by atoms with E-state index >= 15 is 0 Å². The number of hydrogen-bond donors (Lipinski definition) is 3. The van der Waals surface area contributed by atoms with Gasteiger partial charge in [-0.15, -0.1) is 0 Å². The molecule has 0 saturated heterocycles. The van der Waals surface area contributed by atoms with Gasteiger partial charge in [0.25, 0.3) is 0 Å². The molecule has 0 aliphatic carbocycles. The van der Waals surface area contributed by atoms with E-state index in [1.165, 1.54) is 0 Å². The van der Waals surface area contributed by atoms with Gasteiger partial charge in [-0.05, 0) is 32.3 Å². The normalized spacial score (nSPS) is 13.2. The number of thioether (sulfide) groups is 1. The van der Waals surface area contributed by atoms with E-state index in [0.717, 1.165) is 5.75 Å². The molecule has 0 aliphatic heterocycles. The van der Waals surface area contributed by atoms with Crippen LogP contribution in [0.3, 0.4) is 0 Å². The molecule has 0 radical (unpaired) electrons. The number of carbonyl (C=O) groups excluding carboxylic acids is 1. The largest absolute Gasteiger partial charge is 0.481 e. The topological polar surface area (TPSA) is 92.4 Å². The number of carbonyl (C=O) groups is 2. The van der Waals surface area contributed by atoms with Gasteiger partial charge < -0.3 is 16.2 Å². The monoisotopic (exact) mass is 248 g/mol. The molecule has 4 N–H and O–H groups in total. The number of carboxylic acids is 1. The van der Waals surface area contributed by atoms with Crippen LogP contribution < -0.4 is 11.1 Å². The SMILES string of the molecule is CSCC[C@@H](N)C(=O)NCC(C)(C)C(=O)O. The molecular formula is C10H20N2O3S. The number of nitrogens with one attached hydrogen (secondary N) is 1. The van der Waals surface area contributed by atoms with Crippen LogP contribution in [0.5, 0.6) is 0 Å². The predicted octanol–water partition coefficient (Wildman–Crippen LogP) is 0.294. The van der Waals surface area contributed by atoms with Crippen molar-refractivity contribution in [2.45, 2.75) is 26.3 Å². The average molecular weight is 248 g/mol. The first-order valence-corrected chi connectivity index (χ1v) is 6.46. The molecule has 0 bridgehead atoms. The maximum Gasteiger partial charge on any atom is 0.310 e. The lowest BCUT2D eigenvalue weighted by Gasteiger charge is -2.20. The minimum Gasteiger partial charge on any atom is -0.481 e. The fourth-order valence-electron chi connectivity index (χ4n) is 0.891. The number of nitrogens with two attached hydrogens (primary N) is 1. The van der Waals surface area contributed by atoms with Gasteiger partial charge in [0.2, 0.25) is 5.91 Å². The van der Waals surface area contributed by atoms with Crippen molar-refractivity contribution < 1.29 is 14.7 Å². The van der Waals surface area contributed by atoms with Crippen molar-refractivity contribution in [1.29, 1.82) is 0 Å². The van der Waals surface area contributed by atoms with Crippen molar-refractivity contribution >= 4 is 23.6 Å². The molecule has 0 aliphatic rings. The lowest BCUT2D eigenvalue weighted by molar-refractivity contribution is -0.146. The second-order valence-corrected chi connectivity index (χ2v) is 5.28. The predicted molar refractivity (Wildman–Crippen MR) is 65.4 cm³/mol. The van der Waals surface area contributed by atoms with E-state index in [1.807, 2.05) is 6.26 Å². The Hall–Kier alpha value is -0.750. The molecule has 0 aromatic rings. The van der Waals surface area contributed by atoms with E-state index in [-0.39, 0.29) is 12.5 Å². The Morgan fingerprint density at radius 1 is 1.50 bits per heavy atom. The molecule has 5 nitrogen and oxygen atoms in total. The lowest BCUT2D eigenvalue weighted by atomic mass is 9.94.